The van der Waals surface area contributed by atoms with Crippen molar-refractivity contribution in [2.75, 3.05) is 12.3 Å². The molecule has 4 N–H and O–H groups in total. The fourth-order valence-electron chi connectivity index (χ4n) is 0.959. The van der Waals surface area contributed by atoms with Crippen molar-refractivity contribution in [2.24, 2.45) is 5.73 Å². The Kier molecular flexibility index (Phi) is 3.28. The van der Waals surface area contributed by atoms with Crippen LogP contribution in [0, 0.1) is 0 Å². The van der Waals surface area contributed by atoms with E-state index in [2.05, 4.69) is 4.98 Å². The molecule has 1 amide bonds. The first-order valence-corrected chi connectivity index (χ1v) is 4.33. The molecule has 1 aromatic rings. The Morgan fingerprint density at radius 2 is 2.36 bits per heavy atom. The van der Waals surface area contributed by atoms with E-state index < -0.39 is 5.91 Å². The lowest BCUT2D eigenvalue weighted by Crippen LogP contribution is -2.14. The molecule has 5 heteroatoms. The molecule has 0 unspecified atom stereocenters. The van der Waals surface area contributed by atoms with Gasteiger partial charge in [-0.05, 0) is 12.5 Å². The Balaban J connectivity index is 2.96. The fraction of sp³-hybridized carbons (Fsp3) is 0.333. The molecule has 0 radical (unpaired) electrons. The van der Waals surface area contributed by atoms with Crippen molar-refractivity contribution >= 4 is 11.6 Å². The zero-order valence-electron chi connectivity index (χ0n) is 7.99. The molecule has 5 nitrogen and oxygen atoms in total. The quantitative estimate of drug-likeness (QED) is 0.734. The SMILES string of the molecule is CCCOc1ncc(N)cc1C(N)=O. The van der Waals surface area contributed by atoms with Crippen LogP contribution in [0.2, 0.25) is 0 Å². The van der Waals surface area contributed by atoms with Gasteiger partial charge in [-0.2, -0.15) is 0 Å². The molecule has 1 rings (SSSR count). The number of rotatable bonds is 4. The number of primary amides is 1. The Hall–Kier alpha value is -1.78. The second-order valence-corrected chi connectivity index (χ2v) is 2.83. The number of hydrogen-bond donors (Lipinski definition) is 2. The third-order valence-electron chi connectivity index (χ3n) is 1.58. The van der Waals surface area contributed by atoms with Gasteiger partial charge in [-0.25, -0.2) is 4.98 Å². The van der Waals surface area contributed by atoms with Crippen molar-refractivity contribution in [3.63, 3.8) is 0 Å². The van der Waals surface area contributed by atoms with Gasteiger partial charge < -0.3 is 16.2 Å². The summed E-state index contributed by atoms with van der Waals surface area (Å²) in [6, 6.07) is 1.46. The summed E-state index contributed by atoms with van der Waals surface area (Å²) in [4.78, 5) is 14.9. The number of amides is 1. The number of pyridine rings is 1. The highest BCUT2D eigenvalue weighted by Gasteiger charge is 2.10. The first kappa shape index (κ1) is 10.3. The Bertz CT molecular complexity index is 339. The third-order valence-corrected chi connectivity index (χ3v) is 1.58. The predicted molar refractivity (Wildman–Crippen MR) is 53.0 cm³/mol. The highest BCUT2D eigenvalue weighted by atomic mass is 16.5. The molecular weight excluding hydrogens is 182 g/mol. The topological polar surface area (TPSA) is 91.2 Å². The number of nitrogens with two attached hydrogens (primary N) is 2. The highest BCUT2D eigenvalue weighted by Crippen LogP contribution is 2.17. The summed E-state index contributed by atoms with van der Waals surface area (Å²) in [5, 5.41) is 0. The minimum Gasteiger partial charge on any atom is -0.477 e. The number of ether oxygens (including phenoxy) is 1. The van der Waals surface area contributed by atoms with Crippen LogP contribution >= 0.6 is 0 Å². The maximum Gasteiger partial charge on any atom is 0.254 e. The van der Waals surface area contributed by atoms with Crippen molar-refractivity contribution in [3.8, 4) is 5.88 Å². The monoisotopic (exact) mass is 195 g/mol. The summed E-state index contributed by atoms with van der Waals surface area (Å²) in [6.07, 6.45) is 2.27. The largest absolute Gasteiger partial charge is 0.477 e. The molecule has 0 aliphatic rings. The van der Waals surface area contributed by atoms with Crippen LogP contribution in [0.5, 0.6) is 5.88 Å². The van der Waals surface area contributed by atoms with Crippen LogP contribution in [0.15, 0.2) is 12.3 Å². The van der Waals surface area contributed by atoms with Crippen LogP contribution in [0.1, 0.15) is 23.7 Å². The number of anilines is 1. The molecule has 1 aromatic heterocycles. The molecule has 14 heavy (non-hydrogen) atoms. The minimum absolute atomic E-state index is 0.221. The minimum atomic E-state index is -0.587. The maximum absolute atomic E-state index is 11.0. The van der Waals surface area contributed by atoms with Gasteiger partial charge in [0, 0.05) is 0 Å². The molecule has 0 saturated carbocycles. The van der Waals surface area contributed by atoms with E-state index >= 15 is 0 Å². The van der Waals surface area contributed by atoms with E-state index in [4.69, 9.17) is 16.2 Å². The summed E-state index contributed by atoms with van der Waals surface area (Å²) < 4.78 is 5.24. The van der Waals surface area contributed by atoms with Gasteiger partial charge in [0.1, 0.15) is 5.56 Å². The van der Waals surface area contributed by atoms with Gasteiger partial charge in [0.2, 0.25) is 5.88 Å². The van der Waals surface area contributed by atoms with Crippen LogP contribution in [0.3, 0.4) is 0 Å². The molecule has 0 bridgehead atoms. The van der Waals surface area contributed by atoms with Crippen molar-refractivity contribution in [1.82, 2.24) is 4.98 Å². The predicted octanol–water partition coefficient (Wildman–Crippen LogP) is 0.552. The number of carbonyl (C=O) groups excluding carboxylic acids is 1. The molecule has 0 aliphatic heterocycles. The summed E-state index contributed by atoms with van der Waals surface area (Å²) >= 11 is 0. The number of hydrogen-bond acceptors (Lipinski definition) is 4. The van der Waals surface area contributed by atoms with E-state index in [1.165, 1.54) is 12.3 Å². The lowest BCUT2D eigenvalue weighted by molar-refractivity contribution is 0.0995. The molecule has 0 aromatic carbocycles. The number of nitrogen functional groups attached to an aromatic ring is 1. The summed E-state index contributed by atoms with van der Waals surface area (Å²) in [7, 11) is 0. The van der Waals surface area contributed by atoms with E-state index in [1.807, 2.05) is 6.92 Å². The standard InChI is InChI=1S/C9H13N3O2/c1-2-3-14-9-7(8(11)13)4-6(10)5-12-9/h4-5H,2-3,10H2,1H3,(H2,11,13). The van der Waals surface area contributed by atoms with E-state index in [0.29, 0.717) is 12.3 Å². The van der Waals surface area contributed by atoms with E-state index in [-0.39, 0.29) is 11.4 Å². The average Bonchev–Trinajstić information content (AvgIpc) is 2.15. The zero-order chi connectivity index (χ0) is 10.6. The smallest absolute Gasteiger partial charge is 0.254 e. The lowest BCUT2D eigenvalue weighted by Gasteiger charge is -2.07. The normalized spacial score (nSPS) is 9.79. The first-order valence-electron chi connectivity index (χ1n) is 4.33. The number of nitrogens with zero attached hydrogens (tertiary/aromatic N) is 1. The Morgan fingerprint density at radius 1 is 1.64 bits per heavy atom. The van der Waals surface area contributed by atoms with Gasteiger partial charge in [-0.3, -0.25) is 4.79 Å². The van der Waals surface area contributed by atoms with Crippen LogP contribution in [0.4, 0.5) is 5.69 Å². The van der Waals surface area contributed by atoms with Gasteiger partial charge in [-0.1, -0.05) is 6.92 Å². The molecule has 0 spiro atoms. The maximum atomic E-state index is 11.0. The van der Waals surface area contributed by atoms with Crippen LogP contribution < -0.4 is 16.2 Å². The molecule has 0 saturated heterocycles. The van der Waals surface area contributed by atoms with Gasteiger partial charge >= 0.3 is 0 Å². The zero-order valence-corrected chi connectivity index (χ0v) is 7.99. The summed E-state index contributed by atoms with van der Waals surface area (Å²) in [6.45, 7) is 2.46. The molecule has 1 heterocycles. The Morgan fingerprint density at radius 3 is 2.93 bits per heavy atom. The lowest BCUT2D eigenvalue weighted by atomic mass is 10.2. The first-order chi connectivity index (χ1) is 6.65. The van der Waals surface area contributed by atoms with Crippen LogP contribution in [0.25, 0.3) is 0 Å². The van der Waals surface area contributed by atoms with Gasteiger partial charge in [0.25, 0.3) is 5.91 Å². The van der Waals surface area contributed by atoms with Crippen LogP contribution in [-0.2, 0) is 0 Å². The van der Waals surface area contributed by atoms with Crippen molar-refractivity contribution in [1.29, 1.82) is 0 Å². The van der Waals surface area contributed by atoms with Gasteiger partial charge in [-0.15, -0.1) is 0 Å². The van der Waals surface area contributed by atoms with Crippen molar-refractivity contribution < 1.29 is 9.53 Å². The third kappa shape index (κ3) is 2.35. The molecular formula is C9H13N3O2. The number of aromatic nitrogens is 1. The molecule has 0 aliphatic carbocycles. The van der Waals surface area contributed by atoms with E-state index in [9.17, 15) is 4.79 Å². The molecule has 0 atom stereocenters. The van der Waals surface area contributed by atoms with Crippen molar-refractivity contribution in [2.45, 2.75) is 13.3 Å². The van der Waals surface area contributed by atoms with Crippen molar-refractivity contribution in [3.05, 3.63) is 17.8 Å². The highest BCUT2D eigenvalue weighted by molar-refractivity contribution is 5.95. The summed E-state index contributed by atoms with van der Waals surface area (Å²) in [5.74, 6) is -0.343. The second-order valence-electron chi connectivity index (χ2n) is 2.83. The number of carbonyl (C=O) groups is 1. The summed E-state index contributed by atoms with van der Waals surface area (Å²) in [5.41, 5.74) is 11.2. The van der Waals surface area contributed by atoms with E-state index in [1.54, 1.807) is 0 Å². The van der Waals surface area contributed by atoms with Gasteiger partial charge in [0.05, 0.1) is 18.5 Å². The fourth-order valence-corrected chi connectivity index (χ4v) is 0.959. The van der Waals surface area contributed by atoms with Crippen LogP contribution in [-0.4, -0.2) is 17.5 Å². The Labute approximate surface area is 82.1 Å². The van der Waals surface area contributed by atoms with E-state index in [0.717, 1.165) is 6.42 Å². The average molecular weight is 195 g/mol. The van der Waals surface area contributed by atoms with Gasteiger partial charge in [0.15, 0.2) is 0 Å². The second kappa shape index (κ2) is 4.45. The molecule has 76 valence electrons. The molecule has 0 fully saturated rings.